The van der Waals surface area contributed by atoms with Gasteiger partial charge in [0, 0.05) is 6.54 Å². The van der Waals surface area contributed by atoms with E-state index in [1.165, 1.54) is 12.1 Å². The molecule has 0 aliphatic heterocycles. The highest BCUT2D eigenvalue weighted by molar-refractivity contribution is 5.55. The maximum absolute atomic E-state index is 12.1. The maximum atomic E-state index is 12.1. The molecule has 1 atom stereocenters. The van der Waals surface area contributed by atoms with E-state index in [0.717, 1.165) is 12.1 Å². The normalized spacial score (nSPS) is 12.4. The standard InChI is InChI=1S/C16H15F3N4O2/c1-9-10(2)22-23-15(13(9)7-20)21-8-14(24)11-3-5-12(6-4-11)25-16(17,18)19/h3-6,14,24H,8H2,1-2H3,(H,21,23)/t14-/m1/s1. The zero-order valence-corrected chi connectivity index (χ0v) is 13.4. The van der Waals surface area contributed by atoms with Crippen LogP contribution in [-0.4, -0.2) is 28.2 Å². The molecule has 6 nitrogen and oxygen atoms in total. The average Bonchev–Trinajstić information content (AvgIpc) is 2.55. The fraction of sp³-hybridized carbons (Fsp3) is 0.312. The summed E-state index contributed by atoms with van der Waals surface area (Å²) in [5, 5.41) is 30.0. The van der Waals surface area contributed by atoms with E-state index in [0.29, 0.717) is 22.4 Å². The highest BCUT2D eigenvalue weighted by Crippen LogP contribution is 2.25. The number of nitrogens with one attached hydrogen (secondary N) is 1. The third-order valence-electron chi connectivity index (χ3n) is 3.53. The molecule has 0 unspecified atom stereocenters. The Labute approximate surface area is 141 Å². The van der Waals surface area contributed by atoms with Crippen LogP contribution < -0.4 is 10.1 Å². The Morgan fingerprint density at radius 1 is 1.24 bits per heavy atom. The summed E-state index contributed by atoms with van der Waals surface area (Å²) in [7, 11) is 0. The first-order valence-electron chi connectivity index (χ1n) is 7.23. The number of nitrogens with zero attached hydrogens (tertiary/aromatic N) is 3. The van der Waals surface area contributed by atoms with Gasteiger partial charge in [-0.2, -0.15) is 10.4 Å². The second-order valence-electron chi connectivity index (χ2n) is 5.26. The Bertz CT molecular complexity index is 786. The van der Waals surface area contributed by atoms with Gasteiger partial charge >= 0.3 is 6.36 Å². The van der Waals surface area contributed by atoms with E-state index in [4.69, 9.17) is 0 Å². The summed E-state index contributed by atoms with van der Waals surface area (Å²) < 4.78 is 40.1. The van der Waals surface area contributed by atoms with Crippen LogP contribution in [0.2, 0.25) is 0 Å². The molecule has 0 amide bonds. The molecule has 132 valence electrons. The van der Waals surface area contributed by atoms with E-state index in [2.05, 4.69) is 20.3 Å². The van der Waals surface area contributed by atoms with Crippen molar-refractivity contribution in [2.45, 2.75) is 26.3 Å². The number of benzene rings is 1. The molecule has 1 heterocycles. The predicted molar refractivity (Wildman–Crippen MR) is 82.8 cm³/mol. The molecule has 2 N–H and O–H groups in total. The molecule has 1 aromatic heterocycles. The molecule has 0 saturated carbocycles. The zero-order chi connectivity index (χ0) is 18.6. The summed E-state index contributed by atoms with van der Waals surface area (Å²) in [4.78, 5) is 0. The topological polar surface area (TPSA) is 91.1 Å². The SMILES string of the molecule is Cc1nnc(NC[C@@H](O)c2ccc(OC(F)(F)F)cc2)c(C#N)c1C. The van der Waals surface area contributed by atoms with Gasteiger partial charge in [-0.15, -0.1) is 18.3 Å². The van der Waals surface area contributed by atoms with Crippen LogP contribution in [0.5, 0.6) is 5.75 Å². The van der Waals surface area contributed by atoms with Gasteiger partial charge in [-0.25, -0.2) is 0 Å². The van der Waals surface area contributed by atoms with Gasteiger partial charge in [0.1, 0.15) is 17.4 Å². The highest BCUT2D eigenvalue weighted by atomic mass is 19.4. The van der Waals surface area contributed by atoms with Crippen molar-refractivity contribution in [3.05, 3.63) is 46.6 Å². The molecule has 25 heavy (non-hydrogen) atoms. The van der Waals surface area contributed by atoms with Crippen molar-refractivity contribution in [1.29, 1.82) is 5.26 Å². The Hall–Kier alpha value is -2.86. The molecule has 0 aliphatic rings. The van der Waals surface area contributed by atoms with Crippen molar-refractivity contribution in [3.63, 3.8) is 0 Å². The minimum atomic E-state index is -4.77. The first-order chi connectivity index (χ1) is 11.7. The molecule has 0 saturated heterocycles. The van der Waals surface area contributed by atoms with E-state index in [1.54, 1.807) is 13.8 Å². The van der Waals surface area contributed by atoms with Gasteiger partial charge in [-0.1, -0.05) is 12.1 Å². The predicted octanol–water partition coefficient (Wildman–Crippen LogP) is 3.01. The molecular formula is C16H15F3N4O2. The Kier molecular flexibility index (Phi) is 5.44. The second-order valence-corrected chi connectivity index (χ2v) is 5.26. The Morgan fingerprint density at radius 2 is 1.88 bits per heavy atom. The van der Waals surface area contributed by atoms with E-state index in [-0.39, 0.29) is 18.1 Å². The second kappa shape index (κ2) is 7.36. The van der Waals surface area contributed by atoms with E-state index in [9.17, 15) is 23.5 Å². The van der Waals surface area contributed by atoms with Gasteiger partial charge in [0.25, 0.3) is 0 Å². The van der Waals surface area contributed by atoms with E-state index in [1.807, 2.05) is 6.07 Å². The molecule has 0 bridgehead atoms. The molecule has 0 aliphatic carbocycles. The van der Waals surface area contributed by atoms with Gasteiger partial charge in [0.15, 0.2) is 5.82 Å². The summed E-state index contributed by atoms with van der Waals surface area (Å²) in [6.45, 7) is 3.47. The van der Waals surface area contributed by atoms with E-state index >= 15 is 0 Å². The molecule has 1 aromatic carbocycles. The van der Waals surface area contributed by atoms with Crippen LogP contribution in [-0.2, 0) is 0 Å². The summed E-state index contributed by atoms with van der Waals surface area (Å²) in [6.07, 6.45) is -5.79. The molecule has 2 aromatic rings. The number of aryl methyl sites for hydroxylation is 1. The first kappa shape index (κ1) is 18.5. The van der Waals surface area contributed by atoms with Gasteiger partial charge < -0.3 is 15.2 Å². The Morgan fingerprint density at radius 3 is 2.44 bits per heavy atom. The fourth-order valence-electron chi connectivity index (χ4n) is 2.07. The minimum Gasteiger partial charge on any atom is -0.406 e. The number of rotatable bonds is 5. The first-order valence-corrected chi connectivity index (χ1v) is 7.23. The van der Waals surface area contributed by atoms with Crippen LogP contribution in [0.1, 0.15) is 28.5 Å². The van der Waals surface area contributed by atoms with Crippen LogP contribution >= 0.6 is 0 Å². The van der Waals surface area contributed by atoms with Crippen LogP contribution in [0, 0.1) is 25.2 Å². The van der Waals surface area contributed by atoms with E-state index < -0.39 is 12.5 Å². The molecular weight excluding hydrogens is 337 g/mol. The summed E-state index contributed by atoms with van der Waals surface area (Å²) in [6, 6.07) is 6.90. The molecule has 0 fully saturated rings. The van der Waals surface area contributed by atoms with Crippen LogP contribution in [0.3, 0.4) is 0 Å². The van der Waals surface area contributed by atoms with Gasteiger partial charge in [-0.3, -0.25) is 0 Å². The monoisotopic (exact) mass is 352 g/mol. The number of aromatic nitrogens is 2. The quantitative estimate of drug-likeness (QED) is 0.860. The lowest BCUT2D eigenvalue weighted by molar-refractivity contribution is -0.274. The minimum absolute atomic E-state index is 0.00529. The van der Waals surface area contributed by atoms with Gasteiger partial charge in [-0.05, 0) is 37.1 Å². The zero-order valence-electron chi connectivity index (χ0n) is 13.4. The van der Waals surface area contributed by atoms with Gasteiger partial charge in [0.2, 0.25) is 0 Å². The van der Waals surface area contributed by atoms with Gasteiger partial charge in [0.05, 0.1) is 11.8 Å². The third-order valence-corrected chi connectivity index (χ3v) is 3.53. The lowest BCUT2D eigenvalue weighted by atomic mass is 10.1. The number of alkyl halides is 3. The number of aliphatic hydroxyl groups is 1. The van der Waals surface area contributed by atoms with Crippen LogP contribution in [0.4, 0.5) is 19.0 Å². The molecule has 2 rings (SSSR count). The van der Waals surface area contributed by atoms with Crippen molar-refractivity contribution in [1.82, 2.24) is 10.2 Å². The number of aliphatic hydroxyl groups excluding tert-OH is 1. The van der Waals surface area contributed by atoms with Crippen molar-refractivity contribution in [2.75, 3.05) is 11.9 Å². The highest BCUT2D eigenvalue weighted by Gasteiger charge is 2.31. The number of nitriles is 1. The molecule has 9 heteroatoms. The number of hydrogen-bond donors (Lipinski definition) is 2. The maximum Gasteiger partial charge on any atom is 0.573 e. The Balaban J connectivity index is 2.05. The number of hydrogen-bond acceptors (Lipinski definition) is 6. The summed E-state index contributed by atoms with van der Waals surface area (Å²) in [5.41, 5.74) is 2.02. The average molecular weight is 352 g/mol. The lowest BCUT2D eigenvalue weighted by Crippen LogP contribution is -2.17. The lowest BCUT2D eigenvalue weighted by Gasteiger charge is -2.15. The third kappa shape index (κ3) is 4.81. The molecule has 0 radical (unpaired) electrons. The largest absolute Gasteiger partial charge is 0.573 e. The van der Waals surface area contributed by atoms with Crippen molar-refractivity contribution in [3.8, 4) is 11.8 Å². The van der Waals surface area contributed by atoms with Crippen molar-refractivity contribution in [2.24, 2.45) is 0 Å². The summed E-state index contributed by atoms with van der Waals surface area (Å²) >= 11 is 0. The number of halogens is 3. The fourth-order valence-corrected chi connectivity index (χ4v) is 2.07. The smallest absolute Gasteiger partial charge is 0.406 e. The van der Waals surface area contributed by atoms with Crippen molar-refractivity contribution >= 4 is 5.82 Å². The van der Waals surface area contributed by atoms with Crippen LogP contribution in [0.25, 0.3) is 0 Å². The van der Waals surface area contributed by atoms with Crippen LogP contribution in [0.15, 0.2) is 24.3 Å². The summed E-state index contributed by atoms with van der Waals surface area (Å²) in [5.74, 6) is -0.134. The number of anilines is 1. The number of ether oxygens (including phenoxy) is 1. The molecule has 0 spiro atoms. The van der Waals surface area contributed by atoms with Crippen molar-refractivity contribution < 1.29 is 23.0 Å².